The molecular formula is C18H15F6PS2. The summed E-state index contributed by atoms with van der Waals surface area (Å²) >= 11 is 5.56. The van der Waals surface area contributed by atoms with E-state index in [9.17, 15) is 25.2 Å². The van der Waals surface area contributed by atoms with Gasteiger partial charge in [0.25, 0.3) is 0 Å². The van der Waals surface area contributed by atoms with Crippen molar-refractivity contribution in [2.45, 2.75) is 14.7 Å². The Balaban J connectivity index is 0.000000321. The quantitative estimate of drug-likeness (QED) is 0.180. The van der Waals surface area contributed by atoms with Gasteiger partial charge >= 0.3 is 33.0 Å². The van der Waals surface area contributed by atoms with Gasteiger partial charge in [0, 0.05) is 16.7 Å². The van der Waals surface area contributed by atoms with Crippen LogP contribution in [0.25, 0.3) is 11.1 Å². The molecular weight excluding hydrogens is 425 g/mol. The van der Waals surface area contributed by atoms with Crippen molar-refractivity contribution >= 4 is 32.2 Å². The van der Waals surface area contributed by atoms with Crippen molar-refractivity contribution in [3.8, 4) is 11.1 Å². The van der Waals surface area contributed by atoms with Gasteiger partial charge in [0.05, 0.1) is 0 Å². The van der Waals surface area contributed by atoms with Crippen LogP contribution in [0.2, 0.25) is 0 Å². The van der Waals surface area contributed by atoms with Gasteiger partial charge < -0.3 is 0 Å². The number of hydrogen-bond acceptors (Lipinski definition) is 1. The predicted octanol–water partition coefficient (Wildman–Crippen LogP) is 8.26. The molecule has 0 atom stereocenters. The van der Waals surface area contributed by atoms with Gasteiger partial charge in [-0.2, -0.15) is 0 Å². The summed E-state index contributed by atoms with van der Waals surface area (Å²) < 4.78 is 59.2. The first-order chi connectivity index (χ1) is 12.3. The Bertz CT molecular complexity index is 866. The normalized spacial score (nSPS) is 13.7. The van der Waals surface area contributed by atoms with Crippen LogP contribution in [0.15, 0.2) is 93.5 Å². The molecule has 0 fully saturated rings. The fourth-order valence-electron chi connectivity index (χ4n) is 2.03. The van der Waals surface area contributed by atoms with Crippen LogP contribution in [-0.2, 0) is 11.8 Å². The summed E-state index contributed by atoms with van der Waals surface area (Å²) in [6, 6.07) is 27.5. The molecule has 0 aliphatic carbocycles. The Hall–Kier alpha value is -1.63. The minimum absolute atomic E-state index is 0.993. The van der Waals surface area contributed by atoms with E-state index >= 15 is 0 Å². The number of rotatable bonds is 3. The summed E-state index contributed by atoms with van der Waals surface area (Å²) in [5, 5.41) is 0. The maximum Gasteiger partial charge on any atom is 0.158 e. The molecule has 9 heteroatoms. The van der Waals surface area contributed by atoms with Crippen molar-refractivity contribution in [1.29, 1.82) is 0 Å². The molecule has 3 aromatic carbocycles. The second-order valence-electron chi connectivity index (χ2n) is 5.50. The largest absolute Gasteiger partial charge is 0.158 e. The van der Waals surface area contributed by atoms with Gasteiger partial charge in [-0.1, -0.05) is 30.3 Å². The van der Waals surface area contributed by atoms with E-state index in [1.165, 1.54) is 32.7 Å². The third-order valence-corrected chi connectivity index (χ3v) is 4.49. The first-order valence-electron chi connectivity index (χ1n) is 7.49. The zero-order chi connectivity index (χ0) is 20.2. The molecule has 0 spiro atoms. The second kappa shape index (κ2) is 7.41. The van der Waals surface area contributed by atoms with Crippen molar-refractivity contribution in [1.82, 2.24) is 0 Å². The third kappa shape index (κ3) is 10.3. The monoisotopic (exact) mass is 440 g/mol. The molecule has 0 saturated heterocycles. The molecule has 0 bridgehead atoms. The Kier molecular flexibility index (Phi) is 5.95. The molecule has 0 aromatic heterocycles. The van der Waals surface area contributed by atoms with E-state index in [0.29, 0.717) is 0 Å². The molecule has 0 heterocycles. The molecule has 0 unspecified atom stereocenters. The topological polar surface area (TPSA) is 0 Å². The summed E-state index contributed by atoms with van der Waals surface area (Å²) in [5.41, 5.74) is 2.47. The molecule has 0 nitrogen and oxygen atoms in total. The molecule has 3 aromatic rings. The standard InChI is InChI=1S/C18H14S2.F6P/c19-16-10-6-14(7-11-16)15-8-12-18(13-9-15)20-17-4-2-1-3-5-17;1-7(2,3,4,5)6/h1-13,19H;/q;-1/p+1. The summed E-state index contributed by atoms with van der Waals surface area (Å²) in [7, 11) is -10.7. The van der Waals surface area contributed by atoms with E-state index in [2.05, 4.69) is 73.3 Å². The first kappa shape index (κ1) is 21.7. The molecule has 0 aliphatic rings. The van der Waals surface area contributed by atoms with E-state index in [1.54, 1.807) is 0 Å². The van der Waals surface area contributed by atoms with Crippen LogP contribution in [0.4, 0.5) is 25.2 Å². The van der Waals surface area contributed by atoms with E-state index in [-0.39, 0.29) is 0 Å². The van der Waals surface area contributed by atoms with Gasteiger partial charge in [-0.25, -0.2) is 0 Å². The zero-order valence-corrected chi connectivity index (χ0v) is 16.3. The van der Waals surface area contributed by atoms with Gasteiger partial charge in [0.1, 0.15) is 0 Å². The van der Waals surface area contributed by atoms with E-state index < -0.39 is 7.81 Å². The van der Waals surface area contributed by atoms with Crippen LogP contribution < -0.4 is 0 Å². The van der Waals surface area contributed by atoms with Crippen molar-refractivity contribution in [3.05, 3.63) is 78.9 Å². The molecule has 0 amide bonds. The van der Waals surface area contributed by atoms with Gasteiger partial charge in [-0.15, -0.1) is 12.6 Å². The van der Waals surface area contributed by atoms with Crippen molar-refractivity contribution in [3.63, 3.8) is 0 Å². The molecule has 0 N–H and O–H groups in total. The smallest absolute Gasteiger partial charge is 0.143 e. The van der Waals surface area contributed by atoms with E-state index in [4.69, 9.17) is 0 Å². The Labute approximate surface area is 162 Å². The Morgan fingerprint density at radius 3 is 1.37 bits per heavy atom. The predicted molar refractivity (Wildman–Crippen MR) is 104 cm³/mol. The summed E-state index contributed by atoms with van der Waals surface area (Å²) in [4.78, 5) is 3.62. The Morgan fingerprint density at radius 1 is 0.556 bits per heavy atom. The minimum Gasteiger partial charge on any atom is -0.143 e. The third-order valence-electron chi connectivity index (χ3n) is 3.08. The molecule has 3 rings (SSSR count). The van der Waals surface area contributed by atoms with Crippen molar-refractivity contribution in [2.75, 3.05) is 0 Å². The van der Waals surface area contributed by atoms with Crippen LogP contribution in [-0.4, -0.2) is 0 Å². The molecule has 27 heavy (non-hydrogen) atoms. The summed E-state index contributed by atoms with van der Waals surface area (Å²) in [6.07, 6.45) is 0. The fourth-order valence-corrected chi connectivity index (χ4v) is 3.10. The first-order valence-corrected chi connectivity index (χ1v) is 10.9. The molecule has 0 radical (unpaired) electrons. The summed E-state index contributed by atoms with van der Waals surface area (Å²) in [6.45, 7) is 0. The van der Waals surface area contributed by atoms with E-state index in [1.807, 2.05) is 18.2 Å². The average molecular weight is 440 g/mol. The average Bonchev–Trinajstić information content (AvgIpc) is 2.55. The Morgan fingerprint density at radius 2 is 0.926 bits per heavy atom. The second-order valence-corrected chi connectivity index (χ2v) is 9.19. The van der Waals surface area contributed by atoms with Gasteiger partial charge in [-0.05, 0) is 59.7 Å². The maximum atomic E-state index is 9.87. The van der Waals surface area contributed by atoms with Gasteiger partial charge in [0.2, 0.25) is 0 Å². The number of hydrogen-bond donors (Lipinski definition) is 1. The van der Waals surface area contributed by atoms with Gasteiger partial charge in [-0.3, -0.25) is 0 Å². The van der Waals surface area contributed by atoms with Crippen LogP contribution in [0.1, 0.15) is 0 Å². The summed E-state index contributed by atoms with van der Waals surface area (Å²) in [5.74, 6) is 0. The van der Waals surface area contributed by atoms with Crippen molar-refractivity contribution < 1.29 is 25.2 Å². The van der Waals surface area contributed by atoms with Crippen LogP contribution in [0.3, 0.4) is 0 Å². The SMILES string of the molecule is F[P-](F)(F)(F)(F)F.Sc1ccc(-c2ccc([SH+]c3ccccc3)cc2)cc1. The fraction of sp³-hybridized carbons (Fsp3) is 0. The van der Waals surface area contributed by atoms with E-state index in [0.717, 1.165) is 4.90 Å². The number of halogens is 6. The molecule has 0 aliphatic heterocycles. The number of benzene rings is 3. The molecule has 146 valence electrons. The van der Waals surface area contributed by atoms with Crippen LogP contribution in [0.5, 0.6) is 0 Å². The van der Waals surface area contributed by atoms with Crippen molar-refractivity contribution in [2.24, 2.45) is 0 Å². The minimum atomic E-state index is -10.7. The van der Waals surface area contributed by atoms with Gasteiger partial charge in [0.15, 0.2) is 9.79 Å². The number of thiol groups is 2. The van der Waals surface area contributed by atoms with Crippen LogP contribution in [0, 0.1) is 0 Å². The zero-order valence-electron chi connectivity index (χ0n) is 13.6. The molecule has 0 saturated carbocycles. The maximum absolute atomic E-state index is 10.7. The van der Waals surface area contributed by atoms with Crippen LogP contribution >= 0.6 is 20.4 Å².